The Morgan fingerprint density at radius 3 is 2.79 bits per heavy atom. The summed E-state index contributed by atoms with van der Waals surface area (Å²) in [5.74, 6) is -0.802. The smallest absolute Gasteiger partial charge is 0.247 e. The number of benzene rings is 2. The summed E-state index contributed by atoms with van der Waals surface area (Å²) in [5.41, 5.74) is 2.79. The molecule has 0 radical (unpaired) electrons. The number of nitrogens with zero attached hydrogens (tertiary/aromatic N) is 4. The highest BCUT2D eigenvalue weighted by Gasteiger charge is 2.14. The number of aromatic nitrogens is 2. The van der Waals surface area contributed by atoms with E-state index in [1.165, 1.54) is 24.4 Å². The molecule has 0 unspecified atom stereocenters. The summed E-state index contributed by atoms with van der Waals surface area (Å²) < 4.78 is 19.6. The fraction of sp³-hybridized carbons (Fsp3) is 0.167. The molecule has 0 aliphatic carbocycles. The molecular weight excluding hydrogens is 423 g/mol. The van der Waals surface area contributed by atoms with Crippen LogP contribution in [0.15, 0.2) is 61.3 Å². The van der Waals surface area contributed by atoms with E-state index in [-0.39, 0.29) is 22.9 Å². The van der Waals surface area contributed by atoms with Crippen molar-refractivity contribution in [3.8, 4) is 17.3 Å². The van der Waals surface area contributed by atoms with Crippen molar-refractivity contribution in [2.24, 2.45) is 0 Å². The average Bonchev–Trinajstić information content (AvgIpc) is 2.84. The van der Waals surface area contributed by atoms with Gasteiger partial charge in [-0.25, -0.2) is 14.4 Å². The van der Waals surface area contributed by atoms with Gasteiger partial charge in [-0.3, -0.25) is 4.79 Å². The first-order valence-corrected chi connectivity index (χ1v) is 10.3. The van der Waals surface area contributed by atoms with Crippen LogP contribution in [0.1, 0.15) is 5.56 Å². The van der Waals surface area contributed by atoms with Crippen LogP contribution < -0.4 is 15.5 Å². The van der Waals surface area contributed by atoms with Crippen molar-refractivity contribution in [3.63, 3.8) is 0 Å². The topological polar surface area (TPSA) is 103 Å². The Hall–Kier alpha value is -4.29. The van der Waals surface area contributed by atoms with E-state index in [1.807, 2.05) is 30.3 Å². The highest BCUT2D eigenvalue weighted by Crippen LogP contribution is 2.28. The standard InChI is InChI=1S/C24H21FN6O2/c1-2-22(32)28-20-11-16(10-18(25)12-20)23-17(14-26)15-27-24(30-23)29-19-4-3-5-21(13-19)31-6-8-33-9-7-31/h2-5,10-13,15H,1,6-9H2,(H,28,32)(H,27,29,30). The largest absolute Gasteiger partial charge is 0.378 e. The quantitative estimate of drug-likeness (QED) is 0.557. The van der Waals surface area contributed by atoms with Gasteiger partial charge in [0.15, 0.2) is 0 Å². The van der Waals surface area contributed by atoms with E-state index in [1.54, 1.807) is 0 Å². The third-order valence-corrected chi connectivity index (χ3v) is 5.01. The predicted molar refractivity (Wildman–Crippen MR) is 124 cm³/mol. The zero-order valence-electron chi connectivity index (χ0n) is 17.7. The van der Waals surface area contributed by atoms with Gasteiger partial charge in [0.05, 0.1) is 30.7 Å². The molecule has 1 fully saturated rings. The summed E-state index contributed by atoms with van der Waals surface area (Å²) in [7, 11) is 0. The third-order valence-electron chi connectivity index (χ3n) is 5.01. The monoisotopic (exact) mass is 444 g/mol. The fourth-order valence-corrected chi connectivity index (χ4v) is 3.47. The second-order valence-corrected chi connectivity index (χ2v) is 7.26. The first-order valence-electron chi connectivity index (χ1n) is 10.3. The Morgan fingerprint density at radius 1 is 1.21 bits per heavy atom. The number of halogens is 1. The molecule has 0 bridgehead atoms. The second kappa shape index (κ2) is 9.89. The number of amides is 1. The van der Waals surface area contributed by atoms with Gasteiger partial charge in [-0.15, -0.1) is 0 Å². The molecule has 1 saturated heterocycles. The highest BCUT2D eigenvalue weighted by atomic mass is 19.1. The Labute approximate surface area is 190 Å². The van der Waals surface area contributed by atoms with E-state index in [4.69, 9.17) is 4.74 Å². The number of ether oxygens (including phenoxy) is 1. The Morgan fingerprint density at radius 2 is 2.03 bits per heavy atom. The van der Waals surface area contributed by atoms with Crippen LogP contribution in [0.2, 0.25) is 0 Å². The SMILES string of the molecule is C=CC(=O)Nc1cc(F)cc(-c2nc(Nc3cccc(N4CCOCC4)c3)ncc2C#N)c1. The normalized spacial score (nSPS) is 13.2. The van der Waals surface area contributed by atoms with Gasteiger partial charge in [0.25, 0.3) is 0 Å². The lowest BCUT2D eigenvalue weighted by molar-refractivity contribution is -0.111. The third kappa shape index (κ3) is 5.31. The lowest BCUT2D eigenvalue weighted by Gasteiger charge is -2.29. The molecule has 0 spiro atoms. The summed E-state index contributed by atoms with van der Waals surface area (Å²) in [5, 5.41) is 15.2. The molecule has 9 heteroatoms. The van der Waals surface area contributed by atoms with Gasteiger partial charge in [0.2, 0.25) is 11.9 Å². The van der Waals surface area contributed by atoms with Crippen molar-refractivity contribution >= 4 is 28.9 Å². The van der Waals surface area contributed by atoms with Crippen LogP contribution in [0.3, 0.4) is 0 Å². The molecule has 2 aromatic carbocycles. The Bertz CT molecular complexity index is 1230. The molecule has 166 valence electrons. The molecule has 33 heavy (non-hydrogen) atoms. The molecule has 1 aliphatic rings. The van der Waals surface area contributed by atoms with Crippen LogP contribution in [-0.4, -0.2) is 42.2 Å². The van der Waals surface area contributed by atoms with E-state index in [2.05, 4.69) is 32.1 Å². The molecule has 4 rings (SSSR count). The van der Waals surface area contributed by atoms with Crippen molar-refractivity contribution in [3.05, 3.63) is 72.7 Å². The molecule has 2 heterocycles. The first kappa shape index (κ1) is 21.9. The van der Waals surface area contributed by atoms with Crippen molar-refractivity contribution in [2.75, 3.05) is 41.8 Å². The van der Waals surface area contributed by atoms with Crippen LogP contribution >= 0.6 is 0 Å². The van der Waals surface area contributed by atoms with Crippen molar-refractivity contribution < 1.29 is 13.9 Å². The Balaban J connectivity index is 1.64. The van der Waals surface area contributed by atoms with E-state index >= 15 is 0 Å². The summed E-state index contributed by atoms with van der Waals surface area (Å²) in [4.78, 5) is 22.5. The molecule has 1 amide bonds. The minimum atomic E-state index is -0.581. The van der Waals surface area contributed by atoms with Crippen LogP contribution in [0.5, 0.6) is 0 Å². The summed E-state index contributed by atoms with van der Waals surface area (Å²) in [6.45, 7) is 6.38. The molecule has 3 aromatic rings. The molecule has 2 N–H and O–H groups in total. The average molecular weight is 444 g/mol. The van der Waals surface area contributed by atoms with Crippen molar-refractivity contribution in [2.45, 2.75) is 0 Å². The molecule has 0 saturated carbocycles. The maximum absolute atomic E-state index is 14.2. The van der Waals surface area contributed by atoms with Crippen molar-refractivity contribution in [1.82, 2.24) is 9.97 Å². The first-order chi connectivity index (χ1) is 16.1. The molecule has 8 nitrogen and oxygen atoms in total. The van der Waals surface area contributed by atoms with Gasteiger partial charge in [0, 0.05) is 35.7 Å². The van der Waals surface area contributed by atoms with E-state index < -0.39 is 11.7 Å². The lowest BCUT2D eigenvalue weighted by atomic mass is 10.1. The maximum atomic E-state index is 14.2. The molecular formula is C24H21FN6O2. The molecule has 1 aliphatic heterocycles. The maximum Gasteiger partial charge on any atom is 0.247 e. The van der Waals surface area contributed by atoms with Crippen LogP contribution in [0.4, 0.5) is 27.4 Å². The number of morpholine rings is 1. The van der Waals surface area contributed by atoms with E-state index in [0.29, 0.717) is 18.8 Å². The number of carbonyl (C=O) groups excluding carboxylic acids is 1. The number of anilines is 4. The number of hydrogen-bond acceptors (Lipinski definition) is 7. The van der Waals surface area contributed by atoms with Crippen LogP contribution in [-0.2, 0) is 9.53 Å². The number of nitriles is 1. The number of carbonyl (C=O) groups is 1. The van der Waals surface area contributed by atoms with Gasteiger partial charge in [-0.1, -0.05) is 12.6 Å². The molecule has 0 atom stereocenters. The number of nitrogens with one attached hydrogen (secondary N) is 2. The van der Waals surface area contributed by atoms with E-state index in [9.17, 15) is 14.4 Å². The van der Waals surface area contributed by atoms with Gasteiger partial charge >= 0.3 is 0 Å². The minimum Gasteiger partial charge on any atom is -0.378 e. The van der Waals surface area contributed by atoms with Crippen LogP contribution in [0.25, 0.3) is 11.3 Å². The summed E-state index contributed by atoms with van der Waals surface area (Å²) in [6.07, 6.45) is 2.46. The molecule has 1 aromatic heterocycles. The minimum absolute atomic E-state index is 0.175. The second-order valence-electron chi connectivity index (χ2n) is 7.26. The summed E-state index contributed by atoms with van der Waals surface area (Å²) in [6, 6.07) is 13.8. The Kier molecular flexibility index (Phi) is 6.57. The van der Waals surface area contributed by atoms with Gasteiger partial charge in [0.1, 0.15) is 11.9 Å². The van der Waals surface area contributed by atoms with Gasteiger partial charge in [-0.05, 0) is 42.5 Å². The predicted octanol–water partition coefficient (Wildman–Crippen LogP) is 3.86. The van der Waals surface area contributed by atoms with Crippen LogP contribution in [0, 0.1) is 17.1 Å². The van der Waals surface area contributed by atoms with E-state index in [0.717, 1.165) is 30.5 Å². The van der Waals surface area contributed by atoms with Gasteiger partial charge in [-0.2, -0.15) is 5.26 Å². The zero-order valence-corrected chi connectivity index (χ0v) is 17.7. The fourth-order valence-electron chi connectivity index (χ4n) is 3.47. The summed E-state index contributed by atoms with van der Waals surface area (Å²) >= 11 is 0. The lowest BCUT2D eigenvalue weighted by Crippen LogP contribution is -2.36. The van der Waals surface area contributed by atoms with Gasteiger partial charge < -0.3 is 20.3 Å². The highest BCUT2D eigenvalue weighted by molar-refractivity contribution is 5.99. The van der Waals surface area contributed by atoms with Crippen molar-refractivity contribution in [1.29, 1.82) is 5.26 Å². The number of hydrogen-bond donors (Lipinski definition) is 2. The number of rotatable bonds is 6. The zero-order chi connectivity index (χ0) is 23.2.